The summed E-state index contributed by atoms with van der Waals surface area (Å²) in [6.07, 6.45) is -1.48. The Morgan fingerprint density at radius 2 is 1.82 bits per heavy atom. The summed E-state index contributed by atoms with van der Waals surface area (Å²) < 4.78 is 37.8. The molecule has 1 rings (SSSR count). The quantitative estimate of drug-likeness (QED) is 0.833. The normalized spacial score (nSPS) is 30.9. The number of hydrogen-bond donors (Lipinski definition) is 1. The Hall–Kier alpha value is -0.290. The van der Waals surface area contributed by atoms with Crippen LogP contribution in [0.25, 0.3) is 0 Å². The van der Waals surface area contributed by atoms with E-state index in [1.54, 1.807) is 0 Å². The van der Waals surface area contributed by atoms with Crippen molar-refractivity contribution in [3.63, 3.8) is 0 Å². The van der Waals surface area contributed by atoms with E-state index in [0.717, 1.165) is 13.0 Å². The minimum absolute atomic E-state index is 0.211. The summed E-state index contributed by atoms with van der Waals surface area (Å²) in [4.78, 5) is 2.15. The maximum absolute atomic E-state index is 12.6. The fourth-order valence-corrected chi connectivity index (χ4v) is 2.80. The van der Waals surface area contributed by atoms with Crippen molar-refractivity contribution in [2.45, 2.75) is 50.7 Å². The van der Waals surface area contributed by atoms with Crippen molar-refractivity contribution in [2.75, 3.05) is 20.1 Å². The first-order valence-corrected chi connectivity index (χ1v) is 6.34. The molecule has 0 saturated heterocycles. The number of likely N-dealkylation sites (N-methyl/N-ethyl adjacent to an activating group) is 1. The molecule has 0 aromatic carbocycles. The van der Waals surface area contributed by atoms with Crippen LogP contribution < -0.4 is 5.73 Å². The van der Waals surface area contributed by atoms with Crippen LogP contribution in [0, 0.1) is 5.92 Å². The van der Waals surface area contributed by atoms with E-state index in [2.05, 4.69) is 11.8 Å². The topological polar surface area (TPSA) is 29.3 Å². The van der Waals surface area contributed by atoms with E-state index in [1.807, 2.05) is 7.05 Å². The van der Waals surface area contributed by atoms with Crippen LogP contribution in [0.2, 0.25) is 0 Å². The molecule has 0 atom stereocenters. The Morgan fingerprint density at radius 1 is 1.29 bits per heavy atom. The summed E-state index contributed by atoms with van der Waals surface area (Å²) in [5, 5.41) is 0. The highest BCUT2D eigenvalue weighted by Gasteiger charge is 2.46. The van der Waals surface area contributed by atoms with Crippen molar-refractivity contribution in [2.24, 2.45) is 11.7 Å². The van der Waals surface area contributed by atoms with Crippen LogP contribution in [-0.2, 0) is 0 Å². The van der Waals surface area contributed by atoms with Gasteiger partial charge in [0.05, 0.1) is 5.92 Å². The Labute approximate surface area is 101 Å². The van der Waals surface area contributed by atoms with Gasteiger partial charge >= 0.3 is 6.18 Å². The molecule has 1 fully saturated rings. The van der Waals surface area contributed by atoms with Gasteiger partial charge in [0.25, 0.3) is 0 Å². The van der Waals surface area contributed by atoms with Gasteiger partial charge in [-0.3, -0.25) is 4.90 Å². The van der Waals surface area contributed by atoms with Gasteiger partial charge in [0.15, 0.2) is 0 Å². The van der Waals surface area contributed by atoms with Crippen molar-refractivity contribution >= 4 is 0 Å². The molecule has 0 unspecified atom stereocenters. The molecule has 1 aliphatic rings. The van der Waals surface area contributed by atoms with Crippen molar-refractivity contribution in [1.82, 2.24) is 4.90 Å². The summed E-state index contributed by atoms with van der Waals surface area (Å²) in [6.45, 7) is 3.42. The highest BCUT2D eigenvalue weighted by molar-refractivity contribution is 4.95. The third kappa shape index (κ3) is 3.35. The Morgan fingerprint density at radius 3 is 2.18 bits per heavy atom. The van der Waals surface area contributed by atoms with Crippen LogP contribution in [0.5, 0.6) is 0 Å². The number of rotatable bonds is 4. The maximum Gasteiger partial charge on any atom is 0.391 e. The predicted molar refractivity (Wildman–Crippen MR) is 62.7 cm³/mol. The van der Waals surface area contributed by atoms with Gasteiger partial charge in [0.1, 0.15) is 0 Å². The van der Waals surface area contributed by atoms with Crippen molar-refractivity contribution in [3.05, 3.63) is 0 Å². The zero-order valence-electron chi connectivity index (χ0n) is 10.7. The zero-order chi connectivity index (χ0) is 13.1. The highest BCUT2D eigenvalue weighted by atomic mass is 19.4. The van der Waals surface area contributed by atoms with E-state index < -0.39 is 12.1 Å². The van der Waals surface area contributed by atoms with Gasteiger partial charge in [-0.15, -0.1) is 0 Å². The first-order valence-electron chi connectivity index (χ1n) is 6.34. The molecule has 1 aliphatic carbocycles. The standard InChI is InChI=1S/C12H23F3N2/c1-3-8-17(2)11(9-16)6-4-10(5-7-11)12(13,14)15/h10H,3-9,16H2,1-2H3. The van der Waals surface area contributed by atoms with E-state index in [-0.39, 0.29) is 18.4 Å². The van der Waals surface area contributed by atoms with Crippen LogP contribution in [0.1, 0.15) is 39.0 Å². The van der Waals surface area contributed by atoms with Gasteiger partial charge in [-0.1, -0.05) is 6.92 Å². The number of nitrogens with zero attached hydrogens (tertiary/aromatic N) is 1. The molecular weight excluding hydrogens is 229 g/mol. The van der Waals surface area contributed by atoms with Crippen LogP contribution >= 0.6 is 0 Å². The molecule has 0 bridgehead atoms. The predicted octanol–water partition coefficient (Wildman–Crippen LogP) is 2.78. The molecule has 2 nitrogen and oxygen atoms in total. The first kappa shape index (κ1) is 14.8. The first-order chi connectivity index (χ1) is 7.85. The van der Waals surface area contributed by atoms with Crippen molar-refractivity contribution in [1.29, 1.82) is 0 Å². The number of halogens is 3. The largest absolute Gasteiger partial charge is 0.391 e. The smallest absolute Gasteiger partial charge is 0.329 e. The highest BCUT2D eigenvalue weighted by Crippen LogP contribution is 2.42. The molecule has 2 N–H and O–H groups in total. The Bertz CT molecular complexity index is 232. The lowest BCUT2D eigenvalue weighted by Crippen LogP contribution is -2.55. The van der Waals surface area contributed by atoms with Gasteiger partial charge in [-0.2, -0.15) is 13.2 Å². The fraction of sp³-hybridized carbons (Fsp3) is 1.00. The average molecular weight is 252 g/mol. The van der Waals surface area contributed by atoms with E-state index >= 15 is 0 Å². The third-order valence-corrected chi connectivity index (χ3v) is 4.13. The maximum atomic E-state index is 12.6. The zero-order valence-corrected chi connectivity index (χ0v) is 10.7. The SMILES string of the molecule is CCCN(C)C1(CN)CCC(C(F)(F)F)CC1. The molecule has 0 aromatic heterocycles. The molecule has 0 aliphatic heterocycles. The van der Waals surface area contributed by atoms with E-state index in [9.17, 15) is 13.2 Å². The summed E-state index contributed by atoms with van der Waals surface area (Å²) in [6, 6.07) is 0. The van der Waals surface area contributed by atoms with Crippen LogP contribution in [0.4, 0.5) is 13.2 Å². The van der Waals surface area contributed by atoms with E-state index in [4.69, 9.17) is 5.73 Å². The lowest BCUT2D eigenvalue weighted by Gasteiger charge is -2.46. The van der Waals surface area contributed by atoms with Crippen molar-refractivity contribution < 1.29 is 13.2 Å². The Kier molecular flexibility index (Phi) is 4.84. The summed E-state index contributed by atoms with van der Waals surface area (Å²) in [5.41, 5.74) is 5.59. The van der Waals surface area contributed by atoms with Crippen LogP contribution in [-0.4, -0.2) is 36.8 Å². The van der Waals surface area contributed by atoms with Gasteiger partial charge in [0.2, 0.25) is 0 Å². The lowest BCUT2D eigenvalue weighted by atomic mass is 9.75. The molecule has 17 heavy (non-hydrogen) atoms. The lowest BCUT2D eigenvalue weighted by molar-refractivity contribution is -0.188. The molecule has 0 spiro atoms. The van der Waals surface area contributed by atoms with Crippen LogP contribution in [0.15, 0.2) is 0 Å². The molecule has 5 heteroatoms. The number of nitrogens with two attached hydrogens (primary N) is 1. The number of alkyl halides is 3. The minimum Gasteiger partial charge on any atom is -0.329 e. The second kappa shape index (κ2) is 5.57. The molecular formula is C12H23F3N2. The van der Waals surface area contributed by atoms with Gasteiger partial charge in [-0.05, 0) is 45.7 Å². The van der Waals surface area contributed by atoms with Gasteiger partial charge < -0.3 is 5.73 Å². The third-order valence-electron chi connectivity index (χ3n) is 4.13. The molecule has 102 valence electrons. The van der Waals surface area contributed by atoms with Gasteiger partial charge in [0, 0.05) is 12.1 Å². The van der Waals surface area contributed by atoms with Crippen LogP contribution in [0.3, 0.4) is 0 Å². The molecule has 0 aromatic rings. The van der Waals surface area contributed by atoms with E-state index in [1.165, 1.54) is 0 Å². The van der Waals surface area contributed by atoms with Gasteiger partial charge in [-0.25, -0.2) is 0 Å². The second-order valence-electron chi connectivity index (χ2n) is 5.17. The second-order valence-corrected chi connectivity index (χ2v) is 5.17. The summed E-state index contributed by atoms with van der Waals surface area (Å²) in [7, 11) is 1.98. The van der Waals surface area contributed by atoms with Crippen molar-refractivity contribution in [3.8, 4) is 0 Å². The fourth-order valence-electron chi connectivity index (χ4n) is 2.80. The minimum atomic E-state index is -4.04. The molecule has 1 saturated carbocycles. The monoisotopic (exact) mass is 252 g/mol. The molecule has 0 radical (unpaired) electrons. The summed E-state index contributed by atoms with van der Waals surface area (Å²) in [5.74, 6) is -1.13. The summed E-state index contributed by atoms with van der Waals surface area (Å²) >= 11 is 0. The number of hydrogen-bond acceptors (Lipinski definition) is 2. The average Bonchev–Trinajstić information content (AvgIpc) is 2.28. The van der Waals surface area contributed by atoms with E-state index in [0.29, 0.717) is 19.4 Å². The molecule has 0 amide bonds. The Balaban J connectivity index is 2.63. The molecule has 0 heterocycles.